The van der Waals surface area contributed by atoms with Crippen molar-refractivity contribution in [3.63, 3.8) is 0 Å². The number of ether oxygens (including phenoxy) is 2. The van der Waals surface area contributed by atoms with Crippen LogP contribution in [0.1, 0.15) is 12.0 Å². The van der Waals surface area contributed by atoms with Gasteiger partial charge in [-0.2, -0.15) is 5.10 Å². The molecule has 0 radical (unpaired) electrons. The van der Waals surface area contributed by atoms with Crippen LogP contribution in [0.5, 0.6) is 0 Å². The molecule has 5 nitrogen and oxygen atoms in total. The molecule has 98 valence electrons. The second kappa shape index (κ2) is 9.15. The van der Waals surface area contributed by atoms with Gasteiger partial charge >= 0.3 is 0 Å². The van der Waals surface area contributed by atoms with Gasteiger partial charge in [0.05, 0.1) is 19.3 Å². The molecule has 1 N–H and O–H groups in total. The van der Waals surface area contributed by atoms with Crippen LogP contribution in [0, 0.1) is 6.92 Å². The molecule has 5 heteroatoms. The summed E-state index contributed by atoms with van der Waals surface area (Å²) >= 11 is 0. The van der Waals surface area contributed by atoms with Gasteiger partial charge in [-0.3, -0.25) is 4.68 Å². The van der Waals surface area contributed by atoms with Gasteiger partial charge in [0.1, 0.15) is 0 Å². The van der Waals surface area contributed by atoms with E-state index < -0.39 is 0 Å². The average Bonchev–Trinajstić information content (AvgIpc) is 2.73. The minimum Gasteiger partial charge on any atom is -0.385 e. The highest BCUT2D eigenvalue weighted by atomic mass is 16.5. The fraction of sp³-hybridized carbons (Fsp3) is 0.750. The predicted molar refractivity (Wildman–Crippen MR) is 67.1 cm³/mol. The second-order valence-corrected chi connectivity index (χ2v) is 3.99. The highest BCUT2D eigenvalue weighted by Crippen LogP contribution is 1.92. The zero-order chi connectivity index (χ0) is 12.3. The van der Waals surface area contributed by atoms with E-state index in [9.17, 15) is 0 Å². The number of methoxy groups -OCH3 is 1. The molecule has 0 spiro atoms. The van der Waals surface area contributed by atoms with E-state index in [1.807, 2.05) is 24.0 Å². The minimum atomic E-state index is 0.752. The van der Waals surface area contributed by atoms with E-state index in [2.05, 4.69) is 10.4 Å². The molecule has 1 rings (SSSR count). The third-order valence-corrected chi connectivity index (χ3v) is 2.34. The molecule has 0 atom stereocenters. The van der Waals surface area contributed by atoms with E-state index >= 15 is 0 Å². The molecule has 1 aromatic heterocycles. The molecule has 0 fully saturated rings. The zero-order valence-electron chi connectivity index (χ0n) is 10.8. The summed E-state index contributed by atoms with van der Waals surface area (Å²) in [5.41, 5.74) is 1.20. The van der Waals surface area contributed by atoms with Gasteiger partial charge in [0.25, 0.3) is 0 Å². The first kappa shape index (κ1) is 14.2. The van der Waals surface area contributed by atoms with Crippen LogP contribution < -0.4 is 5.32 Å². The molecule has 0 aliphatic carbocycles. The van der Waals surface area contributed by atoms with Gasteiger partial charge < -0.3 is 14.8 Å². The number of nitrogens with zero attached hydrogens (tertiary/aromatic N) is 2. The Bertz CT molecular complexity index is 289. The van der Waals surface area contributed by atoms with Gasteiger partial charge in [0.2, 0.25) is 0 Å². The van der Waals surface area contributed by atoms with Gasteiger partial charge in [-0.25, -0.2) is 0 Å². The SMILES string of the molecule is COCCCOCCNCCn1cc(C)cn1. The highest BCUT2D eigenvalue weighted by molar-refractivity contribution is 4.99. The van der Waals surface area contributed by atoms with Crippen molar-refractivity contribution in [2.24, 2.45) is 0 Å². The van der Waals surface area contributed by atoms with Crippen LogP contribution in [0.15, 0.2) is 12.4 Å². The summed E-state index contributed by atoms with van der Waals surface area (Å²) in [5, 5.41) is 7.53. The summed E-state index contributed by atoms with van der Waals surface area (Å²) in [5.74, 6) is 0. The van der Waals surface area contributed by atoms with Crippen molar-refractivity contribution in [3.05, 3.63) is 18.0 Å². The molecular weight excluding hydrogens is 218 g/mol. The van der Waals surface area contributed by atoms with Crippen LogP contribution in [0.3, 0.4) is 0 Å². The molecule has 0 unspecified atom stereocenters. The highest BCUT2D eigenvalue weighted by Gasteiger charge is 1.93. The summed E-state index contributed by atoms with van der Waals surface area (Å²) in [6.45, 7) is 7.04. The number of aromatic nitrogens is 2. The van der Waals surface area contributed by atoms with Crippen molar-refractivity contribution in [2.75, 3.05) is 40.0 Å². The summed E-state index contributed by atoms with van der Waals surface area (Å²) < 4.78 is 12.3. The molecule has 0 aliphatic heterocycles. The molecule has 0 aromatic carbocycles. The summed E-state index contributed by atoms with van der Waals surface area (Å²) in [4.78, 5) is 0. The van der Waals surface area contributed by atoms with Crippen molar-refractivity contribution in [1.29, 1.82) is 0 Å². The lowest BCUT2D eigenvalue weighted by molar-refractivity contribution is 0.104. The largest absolute Gasteiger partial charge is 0.385 e. The van der Waals surface area contributed by atoms with Crippen LogP contribution in [-0.2, 0) is 16.0 Å². The molecule has 0 amide bonds. The van der Waals surface area contributed by atoms with Crippen LogP contribution in [0.25, 0.3) is 0 Å². The van der Waals surface area contributed by atoms with E-state index in [-0.39, 0.29) is 0 Å². The van der Waals surface area contributed by atoms with Crippen molar-refractivity contribution in [2.45, 2.75) is 19.9 Å². The number of hydrogen-bond donors (Lipinski definition) is 1. The third-order valence-electron chi connectivity index (χ3n) is 2.34. The fourth-order valence-electron chi connectivity index (χ4n) is 1.46. The Balaban J connectivity index is 1.84. The van der Waals surface area contributed by atoms with Gasteiger partial charge in [0, 0.05) is 39.6 Å². The van der Waals surface area contributed by atoms with E-state index in [4.69, 9.17) is 9.47 Å². The van der Waals surface area contributed by atoms with Gasteiger partial charge in [-0.15, -0.1) is 0 Å². The summed E-state index contributed by atoms with van der Waals surface area (Å²) in [6.07, 6.45) is 4.88. The van der Waals surface area contributed by atoms with Crippen molar-refractivity contribution < 1.29 is 9.47 Å². The summed E-state index contributed by atoms with van der Waals surface area (Å²) in [7, 11) is 1.71. The lowest BCUT2D eigenvalue weighted by atomic mass is 10.4. The topological polar surface area (TPSA) is 48.3 Å². The quantitative estimate of drug-likeness (QED) is 0.617. The standard InChI is InChI=1S/C12H23N3O2/c1-12-10-14-15(11-12)6-4-13-5-9-17-8-3-7-16-2/h10-11,13H,3-9H2,1-2H3. The Morgan fingerprint density at radius 3 is 2.88 bits per heavy atom. The Hall–Kier alpha value is -0.910. The third kappa shape index (κ3) is 7.10. The molecule has 0 aliphatic rings. The second-order valence-electron chi connectivity index (χ2n) is 3.99. The number of aryl methyl sites for hydroxylation is 1. The fourth-order valence-corrected chi connectivity index (χ4v) is 1.46. The first-order valence-electron chi connectivity index (χ1n) is 6.09. The number of nitrogens with one attached hydrogen (secondary N) is 1. The molecule has 0 bridgehead atoms. The summed E-state index contributed by atoms with van der Waals surface area (Å²) in [6, 6.07) is 0. The monoisotopic (exact) mass is 241 g/mol. The van der Waals surface area contributed by atoms with E-state index in [1.165, 1.54) is 5.56 Å². The van der Waals surface area contributed by atoms with Crippen LogP contribution in [0.2, 0.25) is 0 Å². The van der Waals surface area contributed by atoms with Crippen LogP contribution in [-0.4, -0.2) is 49.8 Å². The number of rotatable bonds is 10. The van der Waals surface area contributed by atoms with Gasteiger partial charge in [-0.05, 0) is 18.9 Å². The van der Waals surface area contributed by atoms with Crippen LogP contribution in [0.4, 0.5) is 0 Å². The van der Waals surface area contributed by atoms with Crippen LogP contribution >= 0.6 is 0 Å². The molecule has 0 saturated carbocycles. The zero-order valence-corrected chi connectivity index (χ0v) is 10.8. The molecular formula is C12H23N3O2. The molecule has 1 heterocycles. The maximum absolute atomic E-state index is 5.43. The minimum absolute atomic E-state index is 0.752. The maximum Gasteiger partial charge on any atom is 0.0590 e. The number of hydrogen-bond acceptors (Lipinski definition) is 4. The Kier molecular flexibility index (Phi) is 7.62. The first-order valence-corrected chi connectivity index (χ1v) is 6.09. The van der Waals surface area contributed by atoms with Crippen molar-refractivity contribution in [1.82, 2.24) is 15.1 Å². The lowest BCUT2D eigenvalue weighted by Gasteiger charge is -2.06. The predicted octanol–water partition coefficient (Wildman–Crippen LogP) is 0.834. The molecule has 1 aromatic rings. The van der Waals surface area contributed by atoms with E-state index in [1.54, 1.807) is 7.11 Å². The Morgan fingerprint density at radius 1 is 1.29 bits per heavy atom. The van der Waals surface area contributed by atoms with E-state index in [0.717, 1.165) is 45.9 Å². The van der Waals surface area contributed by atoms with E-state index in [0.29, 0.717) is 0 Å². The smallest absolute Gasteiger partial charge is 0.0590 e. The first-order chi connectivity index (χ1) is 8.33. The van der Waals surface area contributed by atoms with Gasteiger partial charge in [-0.1, -0.05) is 0 Å². The molecule has 0 saturated heterocycles. The maximum atomic E-state index is 5.43. The average molecular weight is 241 g/mol. The van der Waals surface area contributed by atoms with Crippen molar-refractivity contribution >= 4 is 0 Å². The Morgan fingerprint density at radius 2 is 2.18 bits per heavy atom. The normalized spacial score (nSPS) is 10.9. The lowest BCUT2D eigenvalue weighted by Crippen LogP contribution is -2.24. The Labute approximate surface area is 103 Å². The van der Waals surface area contributed by atoms with Crippen molar-refractivity contribution in [3.8, 4) is 0 Å². The molecule has 17 heavy (non-hydrogen) atoms. The van der Waals surface area contributed by atoms with Gasteiger partial charge in [0.15, 0.2) is 0 Å².